The number of hydrogen-bond acceptors (Lipinski definition) is 6. The molecule has 0 aliphatic rings. The Kier molecular flexibility index (Phi) is 4.84. The largest absolute Gasteiger partial charge is 0.393 e. The molecule has 0 unspecified atom stereocenters. The van der Waals surface area contributed by atoms with Gasteiger partial charge in [-0.05, 0) is 13.8 Å². The summed E-state index contributed by atoms with van der Waals surface area (Å²) in [6.07, 6.45) is 0. The van der Waals surface area contributed by atoms with Crippen LogP contribution >= 0.6 is 25.8 Å². The molecule has 0 amide bonds. The van der Waals surface area contributed by atoms with Crippen molar-refractivity contribution < 1.29 is 18.0 Å². The summed E-state index contributed by atoms with van der Waals surface area (Å²) in [4.78, 5) is 21.7. The molecular formula is C6H8O4S2. The Morgan fingerprint density at radius 2 is 1.33 bits per heavy atom. The fraction of sp³-hybridized carbons (Fsp3) is 0.333. The van der Waals surface area contributed by atoms with E-state index in [0.717, 1.165) is 0 Å². The summed E-state index contributed by atoms with van der Waals surface area (Å²) >= 11 is 6.78. The number of ketones is 2. The van der Waals surface area contributed by atoms with Crippen LogP contribution in [0.4, 0.5) is 0 Å². The van der Waals surface area contributed by atoms with E-state index >= 15 is 0 Å². The van der Waals surface area contributed by atoms with E-state index in [2.05, 4.69) is 34.2 Å². The average molecular weight is 208 g/mol. The van der Waals surface area contributed by atoms with E-state index in [9.17, 15) is 9.59 Å². The van der Waals surface area contributed by atoms with Gasteiger partial charge in [0.25, 0.3) is 0 Å². The van der Waals surface area contributed by atoms with E-state index in [-0.39, 0.29) is 11.5 Å². The number of Topliss-reactive ketones (excluding diaryl/α,β-unsaturated/α-hetero) is 2. The standard InChI is InChI=1S/C6H8O4S2/c1-3(7)5(4(2)8)6(9-11)10-12/h11-12H,1-2H3. The van der Waals surface area contributed by atoms with E-state index < -0.39 is 11.6 Å². The minimum atomic E-state index is -0.458. The second-order valence-electron chi connectivity index (χ2n) is 1.96. The second kappa shape index (κ2) is 5.10. The van der Waals surface area contributed by atoms with Gasteiger partial charge in [-0.15, -0.1) is 0 Å². The van der Waals surface area contributed by atoms with Crippen molar-refractivity contribution in [3.8, 4) is 0 Å². The van der Waals surface area contributed by atoms with Gasteiger partial charge in [0.05, 0.1) is 0 Å². The summed E-state index contributed by atoms with van der Waals surface area (Å²) in [5.41, 5.74) is -0.194. The molecule has 0 aromatic carbocycles. The zero-order valence-electron chi connectivity index (χ0n) is 6.53. The SMILES string of the molecule is CC(=O)C(C(C)=O)=C(OS)OS. The Balaban J connectivity index is 5.03. The molecule has 0 atom stereocenters. The third-order valence-corrected chi connectivity index (χ3v) is 1.41. The molecule has 0 N–H and O–H groups in total. The first kappa shape index (κ1) is 11.4. The molecule has 0 fully saturated rings. The molecule has 0 aliphatic carbocycles. The predicted octanol–water partition coefficient (Wildman–Crippen LogP) is 1.10. The van der Waals surface area contributed by atoms with Gasteiger partial charge in [0.1, 0.15) is 5.57 Å². The van der Waals surface area contributed by atoms with Crippen molar-refractivity contribution in [2.24, 2.45) is 0 Å². The highest BCUT2D eigenvalue weighted by Crippen LogP contribution is 2.13. The van der Waals surface area contributed by atoms with Gasteiger partial charge in [-0.25, -0.2) is 0 Å². The van der Waals surface area contributed by atoms with Gasteiger partial charge in [-0.3, -0.25) is 9.59 Å². The summed E-state index contributed by atoms with van der Waals surface area (Å²) in [5, 5.41) is 0. The highest BCUT2D eigenvalue weighted by Gasteiger charge is 2.18. The van der Waals surface area contributed by atoms with Gasteiger partial charge in [0.2, 0.25) is 0 Å². The lowest BCUT2D eigenvalue weighted by atomic mass is 10.1. The molecule has 0 rings (SSSR count). The number of carbonyl (C=O) groups is 2. The van der Waals surface area contributed by atoms with Crippen molar-refractivity contribution in [3.05, 3.63) is 11.5 Å². The molecule has 0 aromatic heterocycles. The topological polar surface area (TPSA) is 52.6 Å². The van der Waals surface area contributed by atoms with E-state index in [1.807, 2.05) is 0 Å². The van der Waals surface area contributed by atoms with E-state index in [4.69, 9.17) is 0 Å². The minimum Gasteiger partial charge on any atom is -0.393 e. The van der Waals surface area contributed by atoms with Gasteiger partial charge < -0.3 is 8.37 Å². The molecule has 68 valence electrons. The summed E-state index contributed by atoms with van der Waals surface area (Å²) < 4.78 is 8.64. The van der Waals surface area contributed by atoms with Crippen LogP contribution in [0.1, 0.15) is 13.8 Å². The van der Waals surface area contributed by atoms with E-state index in [1.54, 1.807) is 0 Å². The van der Waals surface area contributed by atoms with Crippen LogP contribution in [0.15, 0.2) is 11.5 Å². The Bertz CT molecular complexity index is 212. The highest BCUT2D eigenvalue weighted by molar-refractivity contribution is 7.75. The lowest BCUT2D eigenvalue weighted by Crippen LogP contribution is -2.10. The monoisotopic (exact) mass is 208 g/mol. The van der Waals surface area contributed by atoms with Crippen molar-refractivity contribution in [1.82, 2.24) is 0 Å². The number of allylic oxidation sites excluding steroid dienone is 1. The van der Waals surface area contributed by atoms with Crippen LogP contribution in [-0.2, 0) is 18.0 Å². The van der Waals surface area contributed by atoms with Crippen LogP contribution in [-0.4, -0.2) is 11.6 Å². The maximum atomic E-state index is 10.8. The lowest BCUT2D eigenvalue weighted by Gasteiger charge is -2.04. The fourth-order valence-electron chi connectivity index (χ4n) is 0.643. The van der Waals surface area contributed by atoms with E-state index in [1.165, 1.54) is 13.8 Å². The molecular weight excluding hydrogens is 200 g/mol. The van der Waals surface area contributed by atoms with Crippen LogP contribution in [0, 0.1) is 0 Å². The van der Waals surface area contributed by atoms with Gasteiger partial charge in [-0.1, -0.05) is 0 Å². The maximum Gasteiger partial charge on any atom is 0.318 e. The summed E-state index contributed by atoms with van der Waals surface area (Å²) in [7, 11) is 0. The molecule has 0 saturated heterocycles. The molecule has 0 aromatic rings. The minimum absolute atomic E-state index is 0.194. The van der Waals surface area contributed by atoms with Crippen molar-refractivity contribution >= 4 is 37.4 Å². The smallest absolute Gasteiger partial charge is 0.318 e. The van der Waals surface area contributed by atoms with Crippen LogP contribution in [0.3, 0.4) is 0 Å². The van der Waals surface area contributed by atoms with Crippen molar-refractivity contribution in [1.29, 1.82) is 0 Å². The normalized spacial score (nSPS) is 8.67. The highest BCUT2D eigenvalue weighted by atomic mass is 32.1. The Morgan fingerprint density at radius 3 is 1.42 bits per heavy atom. The molecule has 0 bridgehead atoms. The van der Waals surface area contributed by atoms with Gasteiger partial charge in [0.15, 0.2) is 11.6 Å². The van der Waals surface area contributed by atoms with Crippen LogP contribution in [0.2, 0.25) is 0 Å². The van der Waals surface area contributed by atoms with Crippen LogP contribution in [0.5, 0.6) is 0 Å². The Hall–Kier alpha value is -0.620. The fourth-order valence-corrected chi connectivity index (χ4v) is 0.959. The average Bonchev–Trinajstić information content (AvgIpc) is 1.98. The lowest BCUT2D eigenvalue weighted by molar-refractivity contribution is -0.119. The molecule has 0 saturated carbocycles. The quantitative estimate of drug-likeness (QED) is 0.181. The molecule has 0 spiro atoms. The number of carbonyl (C=O) groups excluding carboxylic acids is 2. The third kappa shape index (κ3) is 2.78. The van der Waals surface area contributed by atoms with E-state index in [0.29, 0.717) is 0 Å². The molecule has 0 heterocycles. The Morgan fingerprint density at radius 1 is 1.00 bits per heavy atom. The van der Waals surface area contributed by atoms with Crippen LogP contribution < -0.4 is 0 Å². The van der Waals surface area contributed by atoms with Gasteiger partial charge in [0, 0.05) is 25.8 Å². The van der Waals surface area contributed by atoms with Crippen molar-refractivity contribution in [2.75, 3.05) is 0 Å². The molecule has 0 radical (unpaired) electrons. The second-order valence-corrected chi connectivity index (χ2v) is 2.32. The molecule has 12 heavy (non-hydrogen) atoms. The number of thiol groups is 2. The molecule has 0 aliphatic heterocycles. The van der Waals surface area contributed by atoms with Crippen molar-refractivity contribution in [3.63, 3.8) is 0 Å². The first-order valence-electron chi connectivity index (χ1n) is 2.93. The number of rotatable bonds is 4. The van der Waals surface area contributed by atoms with Crippen LogP contribution in [0.25, 0.3) is 0 Å². The third-order valence-electron chi connectivity index (χ3n) is 1.07. The first-order valence-corrected chi connectivity index (χ1v) is 3.66. The summed E-state index contributed by atoms with van der Waals surface area (Å²) in [6, 6.07) is 0. The summed E-state index contributed by atoms with van der Waals surface area (Å²) in [5.74, 6) is -1.22. The zero-order chi connectivity index (χ0) is 9.72. The van der Waals surface area contributed by atoms with Gasteiger partial charge in [-0.2, -0.15) is 0 Å². The predicted molar refractivity (Wildman–Crippen MR) is 48.5 cm³/mol. The maximum absolute atomic E-state index is 10.8. The van der Waals surface area contributed by atoms with Gasteiger partial charge >= 0.3 is 5.95 Å². The first-order chi connectivity index (χ1) is 5.54. The zero-order valence-corrected chi connectivity index (χ0v) is 8.32. The summed E-state index contributed by atoms with van der Waals surface area (Å²) in [6.45, 7) is 2.44. The molecule has 4 nitrogen and oxygen atoms in total. The Labute approximate surface area is 81.2 Å². The number of hydrogen-bond donors (Lipinski definition) is 2. The molecule has 6 heteroatoms. The van der Waals surface area contributed by atoms with Crippen molar-refractivity contribution in [2.45, 2.75) is 13.8 Å².